The third-order valence-corrected chi connectivity index (χ3v) is 5.92. The number of hydrogen-bond donors (Lipinski definition) is 0. The van der Waals surface area contributed by atoms with Crippen LogP contribution in [0.3, 0.4) is 0 Å². The second kappa shape index (κ2) is 5.26. The van der Waals surface area contributed by atoms with Crippen LogP contribution in [-0.4, -0.2) is 38.0 Å². The first-order valence-electron chi connectivity index (χ1n) is 6.50. The van der Waals surface area contributed by atoms with E-state index in [9.17, 15) is 12.8 Å². The van der Waals surface area contributed by atoms with Gasteiger partial charge in [-0.05, 0) is 31.0 Å². The smallest absolute Gasteiger partial charge is 0.243 e. The van der Waals surface area contributed by atoms with E-state index in [4.69, 9.17) is 16.3 Å². The van der Waals surface area contributed by atoms with Gasteiger partial charge in [-0.2, -0.15) is 4.31 Å². The number of morpholine rings is 1. The maximum absolute atomic E-state index is 13.4. The molecule has 2 saturated heterocycles. The molecule has 2 fully saturated rings. The van der Waals surface area contributed by atoms with Gasteiger partial charge in [-0.15, -0.1) is 11.6 Å². The van der Waals surface area contributed by atoms with Crippen LogP contribution in [0.1, 0.15) is 18.4 Å². The Morgan fingerprint density at radius 1 is 1.30 bits per heavy atom. The van der Waals surface area contributed by atoms with Gasteiger partial charge in [0.2, 0.25) is 10.0 Å². The molecule has 1 aromatic carbocycles. The molecule has 2 atom stereocenters. The van der Waals surface area contributed by atoms with Crippen LogP contribution in [0.2, 0.25) is 0 Å². The number of halogens is 2. The Morgan fingerprint density at radius 2 is 1.95 bits per heavy atom. The van der Waals surface area contributed by atoms with Crippen LogP contribution >= 0.6 is 11.6 Å². The van der Waals surface area contributed by atoms with E-state index in [-0.39, 0.29) is 28.5 Å². The van der Waals surface area contributed by atoms with E-state index in [2.05, 4.69) is 0 Å². The topological polar surface area (TPSA) is 46.6 Å². The normalized spacial score (nSPS) is 26.9. The molecule has 20 heavy (non-hydrogen) atoms. The van der Waals surface area contributed by atoms with Gasteiger partial charge in [0.1, 0.15) is 5.82 Å². The summed E-state index contributed by atoms with van der Waals surface area (Å²) >= 11 is 5.63. The van der Waals surface area contributed by atoms with Crippen molar-refractivity contribution in [3.05, 3.63) is 29.6 Å². The summed E-state index contributed by atoms with van der Waals surface area (Å²) in [6, 6.07) is 3.76. The molecule has 0 N–H and O–H groups in total. The van der Waals surface area contributed by atoms with Crippen LogP contribution < -0.4 is 0 Å². The molecule has 1 aromatic rings. The van der Waals surface area contributed by atoms with Crippen LogP contribution in [-0.2, 0) is 20.6 Å². The lowest BCUT2D eigenvalue weighted by molar-refractivity contribution is -0.0114. The molecule has 2 aliphatic heterocycles. The molecule has 0 amide bonds. The largest absolute Gasteiger partial charge is 0.372 e. The standard InChI is InChI=1S/C13H15ClFNO3S/c14-6-9-5-12(3-4-13(9)15)20(17,18)16-7-10-1-2-11(8-16)19-10/h3-5,10-11H,1-2,6-8H2. The fraction of sp³-hybridized carbons (Fsp3) is 0.538. The highest BCUT2D eigenvalue weighted by Gasteiger charge is 2.39. The van der Waals surface area contributed by atoms with Crippen molar-refractivity contribution in [1.82, 2.24) is 4.31 Å². The van der Waals surface area contributed by atoms with Crippen molar-refractivity contribution < 1.29 is 17.5 Å². The predicted molar refractivity (Wildman–Crippen MR) is 72.6 cm³/mol. The summed E-state index contributed by atoms with van der Waals surface area (Å²) in [7, 11) is -3.61. The molecule has 110 valence electrons. The molecule has 0 spiro atoms. The molecule has 2 bridgehead atoms. The van der Waals surface area contributed by atoms with Gasteiger partial charge in [0.25, 0.3) is 0 Å². The van der Waals surface area contributed by atoms with Gasteiger partial charge in [0.05, 0.1) is 23.0 Å². The van der Waals surface area contributed by atoms with Gasteiger partial charge in [-0.3, -0.25) is 0 Å². The van der Waals surface area contributed by atoms with E-state index in [0.717, 1.165) is 18.9 Å². The second-order valence-electron chi connectivity index (χ2n) is 5.17. The minimum atomic E-state index is -3.61. The number of hydrogen-bond acceptors (Lipinski definition) is 3. The van der Waals surface area contributed by atoms with E-state index < -0.39 is 15.8 Å². The first-order valence-corrected chi connectivity index (χ1v) is 8.48. The Hall–Kier alpha value is -0.690. The van der Waals surface area contributed by atoms with Crippen molar-refractivity contribution in [2.24, 2.45) is 0 Å². The Morgan fingerprint density at radius 3 is 2.55 bits per heavy atom. The van der Waals surface area contributed by atoms with Crippen LogP contribution in [0.4, 0.5) is 4.39 Å². The molecule has 0 aromatic heterocycles. The van der Waals surface area contributed by atoms with Gasteiger partial charge in [-0.25, -0.2) is 12.8 Å². The summed E-state index contributed by atoms with van der Waals surface area (Å²) in [5.74, 6) is -0.537. The molecule has 3 rings (SSSR count). The maximum atomic E-state index is 13.4. The number of fused-ring (bicyclic) bond motifs is 2. The van der Waals surface area contributed by atoms with Crippen molar-refractivity contribution >= 4 is 21.6 Å². The summed E-state index contributed by atoms with van der Waals surface area (Å²) in [6.45, 7) is 0.735. The average Bonchev–Trinajstić information content (AvgIpc) is 2.77. The zero-order valence-electron chi connectivity index (χ0n) is 10.8. The number of ether oxygens (including phenoxy) is 1. The summed E-state index contributed by atoms with van der Waals surface area (Å²) < 4.78 is 45.7. The maximum Gasteiger partial charge on any atom is 0.243 e. The Bertz CT molecular complexity index is 610. The molecule has 7 heteroatoms. The Kier molecular flexibility index (Phi) is 3.75. The number of sulfonamides is 1. The minimum Gasteiger partial charge on any atom is -0.372 e. The molecular weight excluding hydrogens is 305 g/mol. The fourth-order valence-electron chi connectivity index (χ4n) is 2.74. The summed E-state index contributed by atoms with van der Waals surface area (Å²) in [5, 5.41) is 0. The molecule has 0 aliphatic carbocycles. The summed E-state index contributed by atoms with van der Waals surface area (Å²) in [6.07, 6.45) is 1.76. The molecule has 2 aliphatic rings. The molecule has 4 nitrogen and oxygen atoms in total. The Labute approximate surface area is 122 Å². The van der Waals surface area contributed by atoms with Crippen LogP contribution in [0, 0.1) is 5.82 Å². The van der Waals surface area contributed by atoms with Crippen molar-refractivity contribution in [1.29, 1.82) is 0 Å². The van der Waals surface area contributed by atoms with Gasteiger partial charge >= 0.3 is 0 Å². The van der Waals surface area contributed by atoms with E-state index >= 15 is 0 Å². The molecule has 2 heterocycles. The molecular formula is C13H15ClFNO3S. The highest BCUT2D eigenvalue weighted by atomic mass is 35.5. The van der Waals surface area contributed by atoms with E-state index in [1.54, 1.807) is 0 Å². The van der Waals surface area contributed by atoms with Crippen molar-refractivity contribution in [3.8, 4) is 0 Å². The number of alkyl halides is 1. The monoisotopic (exact) mass is 319 g/mol. The van der Waals surface area contributed by atoms with Crippen LogP contribution in [0.15, 0.2) is 23.1 Å². The van der Waals surface area contributed by atoms with E-state index in [0.29, 0.717) is 13.1 Å². The molecule has 2 unspecified atom stereocenters. The number of nitrogens with zero attached hydrogens (tertiary/aromatic N) is 1. The lowest BCUT2D eigenvalue weighted by Crippen LogP contribution is -2.45. The first-order chi connectivity index (χ1) is 9.50. The van der Waals surface area contributed by atoms with E-state index in [1.807, 2.05) is 0 Å². The van der Waals surface area contributed by atoms with Crippen LogP contribution in [0.25, 0.3) is 0 Å². The van der Waals surface area contributed by atoms with E-state index in [1.165, 1.54) is 16.4 Å². The van der Waals surface area contributed by atoms with Gasteiger partial charge < -0.3 is 4.74 Å². The third kappa shape index (κ3) is 2.45. The van der Waals surface area contributed by atoms with Crippen molar-refractivity contribution in [2.75, 3.05) is 13.1 Å². The zero-order valence-corrected chi connectivity index (χ0v) is 12.3. The second-order valence-corrected chi connectivity index (χ2v) is 7.37. The number of rotatable bonds is 3. The zero-order chi connectivity index (χ0) is 14.3. The number of benzene rings is 1. The Balaban J connectivity index is 1.92. The third-order valence-electron chi connectivity index (χ3n) is 3.81. The van der Waals surface area contributed by atoms with Crippen molar-refractivity contribution in [3.63, 3.8) is 0 Å². The predicted octanol–water partition coefficient (Wildman–Crippen LogP) is 2.12. The van der Waals surface area contributed by atoms with Crippen LogP contribution in [0.5, 0.6) is 0 Å². The summed E-state index contributed by atoms with van der Waals surface area (Å²) in [4.78, 5) is 0.0934. The summed E-state index contributed by atoms with van der Waals surface area (Å²) in [5.41, 5.74) is 0.198. The van der Waals surface area contributed by atoms with Gasteiger partial charge in [0.15, 0.2) is 0 Å². The molecule has 0 saturated carbocycles. The van der Waals surface area contributed by atoms with Gasteiger partial charge in [-0.1, -0.05) is 0 Å². The lowest BCUT2D eigenvalue weighted by Gasteiger charge is -2.31. The molecule has 0 radical (unpaired) electrons. The highest BCUT2D eigenvalue weighted by molar-refractivity contribution is 7.89. The quantitative estimate of drug-likeness (QED) is 0.802. The van der Waals surface area contributed by atoms with Gasteiger partial charge in [0, 0.05) is 18.7 Å². The minimum absolute atomic E-state index is 0.0172. The highest BCUT2D eigenvalue weighted by Crippen LogP contribution is 2.30. The average molecular weight is 320 g/mol. The first kappa shape index (κ1) is 14.3. The van der Waals surface area contributed by atoms with Crippen molar-refractivity contribution in [2.45, 2.75) is 35.8 Å². The SMILES string of the molecule is O=S(=O)(c1ccc(F)c(CCl)c1)N1CC2CCC(C1)O2. The lowest BCUT2D eigenvalue weighted by atomic mass is 10.2. The fourth-order valence-corrected chi connectivity index (χ4v) is 4.50.